The molecule has 0 aromatic carbocycles. The molecule has 6 heteroatoms. The molecule has 59 heavy (non-hydrogen) atoms. The van der Waals surface area contributed by atoms with Crippen molar-refractivity contribution in [3.8, 4) is 0 Å². The van der Waals surface area contributed by atoms with Gasteiger partial charge in [0.1, 0.15) is 12.2 Å². The van der Waals surface area contributed by atoms with Gasteiger partial charge in [-0.3, -0.25) is 4.79 Å². The number of rotatable bonds is 46. The van der Waals surface area contributed by atoms with Crippen LogP contribution >= 0.6 is 0 Å². The molecule has 0 rings (SSSR count). The first-order chi connectivity index (χ1) is 29.0. The Morgan fingerprint density at radius 1 is 0.441 bits per heavy atom. The topological polar surface area (TPSA) is 110 Å². The number of allylic oxidation sites excluding steroid dienone is 8. The van der Waals surface area contributed by atoms with E-state index in [4.69, 9.17) is 0 Å². The lowest BCUT2D eigenvalue weighted by molar-refractivity contribution is -0.132. The maximum absolute atomic E-state index is 12.5. The minimum Gasteiger partial charge on any atom is -0.394 e. The van der Waals surface area contributed by atoms with Crippen LogP contribution in [0.3, 0.4) is 0 Å². The summed E-state index contributed by atoms with van der Waals surface area (Å²) < 4.78 is 0. The summed E-state index contributed by atoms with van der Waals surface area (Å²) in [6.45, 7) is 3.83. The number of nitrogens with one attached hydrogen (secondary N) is 1. The van der Waals surface area contributed by atoms with Crippen molar-refractivity contribution in [1.29, 1.82) is 0 Å². The average Bonchev–Trinajstić information content (AvgIpc) is 3.24. The normalized spacial score (nSPS) is 14.3. The number of carbonyl (C=O) groups excluding carboxylic acids is 1. The summed E-state index contributed by atoms with van der Waals surface area (Å²) in [7, 11) is 0. The molecule has 6 nitrogen and oxygen atoms in total. The van der Waals surface area contributed by atoms with E-state index in [1.54, 1.807) is 0 Å². The van der Waals surface area contributed by atoms with Gasteiger partial charge in [-0.2, -0.15) is 0 Å². The number of amides is 1. The molecule has 4 atom stereocenters. The fourth-order valence-electron chi connectivity index (χ4n) is 7.79. The van der Waals surface area contributed by atoms with Crippen LogP contribution in [0.2, 0.25) is 0 Å². The molecule has 0 aromatic rings. The number of hydrogen-bond donors (Lipinski definition) is 5. The number of aliphatic hydroxyl groups is 4. The van der Waals surface area contributed by atoms with Gasteiger partial charge in [-0.05, 0) is 84.0 Å². The first-order valence-electron chi connectivity index (χ1n) is 25.5. The highest BCUT2D eigenvalue weighted by molar-refractivity contribution is 5.80. The Bertz CT molecular complexity index is 977. The van der Waals surface area contributed by atoms with E-state index in [9.17, 15) is 25.2 Å². The number of unbranched alkanes of at least 4 members (excludes halogenated alkanes) is 30. The van der Waals surface area contributed by atoms with Crippen LogP contribution in [-0.4, -0.2) is 57.3 Å². The predicted molar refractivity (Wildman–Crippen MR) is 256 cm³/mol. The van der Waals surface area contributed by atoms with Gasteiger partial charge in [-0.15, -0.1) is 0 Å². The molecule has 0 bridgehead atoms. The molecular weight excluding hydrogens is 731 g/mol. The summed E-state index contributed by atoms with van der Waals surface area (Å²) in [6.07, 6.45) is 59.1. The third kappa shape index (κ3) is 41.4. The van der Waals surface area contributed by atoms with E-state index in [0.29, 0.717) is 19.3 Å². The molecule has 0 saturated carbocycles. The molecular formula is C53H99NO5. The summed E-state index contributed by atoms with van der Waals surface area (Å²) in [4.78, 5) is 12.5. The van der Waals surface area contributed by atoms with Gasteiger partial charge in [0.2, 0.25) is 5.91 Å². The molecule has 0 aliphatic heterocycles. The predicted octanol–water partition coefficient (Wildman–Crippen LogP) is 14.2. The fourth-order valence-corrected chi connectivity index (χ4v) is 7.79. The van der Waals surface area contributed by atoms with E-state index in [2.05, 4.69) is 60.8 Å². The fraction of sp³-hybridized carbons (Fsp3) is 0.830. The molecule has 0 fully saturated rings. The van der Waals surface area contributed by atoms with E-state index in [1.807, 2.05) is 6.92 Å². The number of aliphatic hydroxyl groups excluding tert-OH is 4. The molecule has 0 heterocycles. The van der Waals surface area contributed by atoms with Crippen LogP contribution in [-0.2, 0) is 4.79 Å². The van der Waals surface area contributed by atoms with Crippen molar-refractivity contribution >= 4 is 5.91 Å². The molecule has 0 radical (unpaired) electrons. The van der Waals surface area contributed by atoms with Gasteiger partial charge in [0, 0.05) is 0 Å². The summed E-state index contributed by atoms with van der Waals surface area (Å²) in [6, 6.07) is -1.01. The monoisotopic (exact) mass is 830 g/mol. The molecule has 0 aromatic heterocycles. The highest BCUT2D eigenvalue weighted by atomic mass is 16.3. The van der Waals surface area contributed by atoms with Gasteiger partial charge in [-0.1, -0.05) is 216 Å². The quantitative estimate of drug-likeness (QED) is 0.0310. The van der Waals surface area contributed by atoms with Crippen molar-refractivity contribution in [2.45, 2.75) is 276 Å². The zero-order valence-corrected chi connectivity index (χ0v) is 39.0. The smallest absolute Gasteiger partial charge is 0.249 e. The summed E-state index contributed by atoms with van der Waals surface area (Å²) in [5.74, 6) is -0.600. The Hall–Kier alpha value is -1.73. The van der Waals surface area contributed by atoms with Crippen molar-refractivity contribution in [3.05, 3.63) is 48.6 Å². The molecule has 0 aliphatic carbocycles. The van der Waals surface area contributed by atoms with Crippen LogP contribution in [0.5, 0.6) is 0 Å². The van der Waals surface area contributed by atoms with Crippen LogP contribution in [0, 0.1) is 0 Å². The lowest BCUT2D eigenvalue weighted by Crippen LogP contribution is -2.53. The SMILES string of the molecule is C/C=C/CC/C=C/CC/C=C/CCCC(O)C(O)C(CO)NC(=O)C(O)CCCCCCCCCCCCCCCCC/C=C\CCCCCCCCCCCCCC. The summed E-state index contributed by atoms with van der Waals surface area (Å²) in [5.41, 5.74) is 0. The van der Waals surface area contributed by atoms with Gasteiger partial charge in [0.15, 0.2) is 0 Å². The Kier molecular flexibility index (Phi) is 45.9. The average molecular weight is 830 g/mol. The molecule has 5 N–H and O–H groups in total. The van der Waals surface area contributed by atoms with Gasteiger partial charge in [0.05, 0.1) is 18.8 Å². The standard InChI is InChI=1S/C53H99NO5/c1-3-5-7-9-11-13-15-17-18-19-20-21-22-23-24-25-26-27-28-29-30-31-32-33-34-35-37-39-41-43-45-47-51(57)53(59)54-49(48-55)52(58)50(56)46-44-42-40-38-36-16-14-12-10-8-6-4-2/h4,6,12,14,23-24,38,40,49-52,55-58H,3,5,7-11,13,15-22,25-37,39,41-48H2,1-2H3,(H,54,59)/b6-4+,14-12+,24-23-,40-38+. The van der Waals surface area contributed by atoms with Crippen molar-refractivity contribution in [2.24, 2.45) is 0 Å². The Morgan fingerprint density at radius 3 is 1.17 bits per heavy atom. The second kappa shape index (κ2) is 47.3. The van der Waals surface area contributed by atoms with Crippen LogP contribution in [0.15, 0.2) is 48.6 Å². The molecule has 0 saturated heterocycles. The van der Waals surface area contributed by atoms with Crippen molar-refractivity contribution in [2.75, 3.05) is 6.61 Å². The maximum atomic E-state index is 12.5. The highest BCUT2D eigenvalue weighted by Gasteiger charge is 2.28. The van der Waals surface area contributed by atoms with Crippen LogP contribution in [0.25, 0.3) is 0 Å². The van der Waals surface area contributed by atoms with Crippen LogP contribution in [0.1, 0.15) is 251 Å². The summed E-state index contributed by atoms with van der Waals surface area (Å²) in [5, 5.41) is 43.6. The zero-order chi connectivity index (χ0) is 43.1. The van der Waals surface area contributed by atoms with E-state index >= 15 is 0 Å². The number of carbonyl (C=O) groups is 1. The van der Waals surface area contributed by atoms with E-state index in [1.165, 1.54) is 167 Å². The molecule has 1 amide bonds. The molecule has 346 valence electrons. The Morgan fingerprint density at radius 2 is 0.780 bits per heavy atom. The second-order valence-electron chi connectivity index (χ2n) is 17.5. The highest BCUT2D eigenvalue weighted by Crippen LogP contribution is 2.16. The van der Waals surface area contributed by atoms with Crippen LogP contribution in [0.4, 0.5) is 0 Å². The van der Waals surface area contributed by atoms with Gasteiger partial charge in [0.25, 0.3) is 0 Å². The Balaban J connectivity index is 3.60. The Labute approximate surface area is 366 Å². The number of hydrogen-bond acceptors (Lipinski definition) is 5. The van der Waals surface area contributed by atoms with Crippen molar-refractivity contribution in [3.63, 3.8) is 0 Å². The summed E-state index contributed by atoms with van der Waals surface area (Å²) >= 11 is 0. The van der Waals surface area contributed by atoms with Crippen molar-refractivity contribution in [1.82, 2.24) is 5.32 Å². The lowest BCUT2D eigenvalue weighted by atomic mass is 10.00. The molecule has 4 unspecified atom stereocenters. The third-order valence-electron chi connectivity index (χ3n) is 11.8. The minimum atomic E-state index is -1.29. The third-order valence-corrected chi connectivity index (χ3v) is 11.8. The van der Waals surface area contributed by atoms with Crippen molar-refractivity contribution < 1.29 is 25.2 Å². The van der Waals surface area contributed by atoms with E-state index in [0.717, 1.165) is 51.4 Å². The minimum absolute atomic E-state index is 0.359. The second-order valence-corrected chi connectivity index (χ2v) is 17.5. The van der Waals surface area contributed by atoms with Crippen LogP contribution < -0.4 is 5.32 Å². The first kappa shape index (κ1) is 57.3. The first-order valence-corrected chi connectivity index (χ1v) is 25.5. The van der Waals surface area contributed by atoms with Gasteiger partial charge >= 0.3 is 0 Å². The molecule has 0 spiro atoms. The largest absolute Gasteiger partial charge is 0.394 e. The zero-order valence-electron chi connectivity index (χ0n) is 39.0. The van der Waals surface area contributed by atoms with E-state index in [-0.39, 0.29) is 0 Å². The maximum Gasteiger partial charge on any atom is 0.249 e. The molecule has 0 aliphatic rings. The van der Waals surface area contributed by atoms with E-state index < -0.39 is 36.9 Å². The van der Waals surface area contributed by atoms with Gasteiger partial charge < -0.3 is 25.7 Å². The lowest BCUT2D eigenvalue weighted by Gasteiger charge is -2.27. The van der Waals surface area contributed by atoms with Gasteiger partial charge in [-0.25, -0.2) is 0 Å².